The molecule has 0 unspecified atom stereocenters. The molecule has 34 heavy (non-hydrogen) atoms. The molecule has 0 spiro atoms. The molecule has 8 nitrogen and oxygen atoms in total. The van der Waals surface area contributed by atoms with Crippen molar-refractivity contribution in [1.82, 2.24) is 0 Å². The molecule has 10 heteroatoms. The zero-order valence-electron chi connectivity index (χ0n) is 18.8. The molecule has 2 heterocycles. The van der Waals surface area contributed by atoms with Crippen LogP contribution >= 0.6 is 22.7 Å². The molecular formula is C24H26N2O6S2-2. The van der Waals surface area contributed by atoms with Crippen molar-refractivity contribution in [3.63, 3.8) is 0 Å². The van der Waals surface area contributed by atoms with Gasteiger partial charge < -0.3 is 30.4 Å². The van der Waals surface area contributed by atoms with Gasteiger partial charge >= 0.3 is 0 Å². The van der Waals surface area contributed by atoms with E-state index in [1.807, 2.05) is 0 Å². The molecular weight excluding hydrogens is 476 g/mol. The largest absolute Gasteiger partial charge is 0.545 e. The van der Waals surface area contributed by atoms with Gasteiger partial charge in [0.05, 0.1) is 11.9 Å². The van der Waals surface area contributed by atoms with Gasteiger partial charge in [-0.25, -0.2) is 0 Å². The Morgan fingerprint density at radius 3 is 1.41 bits per heavy atom. The van der Waals surface area contributed by atoms with Gasteiger partial charge in [-0.15, -0.1) is 22.7 Å². The summed E-state index contributed by atoms with van der Waals surface area (Å²) in [6.07, 6.45) is 8.08. The first-order valence-electron chi connectivity index (χ1n) is 11.7. The fourth-order valence-electron chi connectivity index (χ4n) is 4.69. The average Bonchev–Trinajstić information content (AvgIpc) is 3.34. The van der Waals surface area contributed by atoms with E-state index < -0.39 is 11.9 Å². The van der Waals surface area contributed by atoms with Crippen molar-refractivity contribution in [2.24, 2.45) is 0 Å². The maximum Gasteiger partial charge on any atom is 0.224 e. The van der Waals surface area contributed by atoms with Crippen LogP contribution in [0.5, 0.6) is 0 Å². The van der Waals surface area contributed by atoms with Crippen LogP contribution in [0.4, 0.5) is 10.0 Å². The van der Waals surface area contributed by atoms with Crippen LogP contribution in [0.3, 0.4) is 0 Å². The predicted molar refractivity (Wildman–Crippen MR) is 126 cm³/mol. The number of amides is 2. The fourth-order valence-corrected chi connectivity index (χ4v) is 7.28. The molecule has 2 N–H and O–H groups in total. The number of carboxylic acid groups (broad SMARTS) is 2. The zero-order chi connectivity index (χ0) is 24.2. The van der Waals surface area contributed by atoms with E-state index in [9.17, 15) is 29.4 Å². The topological polar surface area (TPSA) is 138 Å². The van der Waals surface area contributed by atoms with Crippen LogP contribution in [0.2, 0.25) is 0 Å². The highest BCUT2D eigenvalue weighted by Gasteiger charge is 2.24. The molecule has 4 rings (SSSR count). The summed E-state index contributed by atoms with van der Waals surface area (Å²) in [6, 6.07) is 0. The SMILES string of the molecule is O=C(CCCCC(=O)Nc1sc2c(c1C(=O)[O-])CCCC2)Nc1sc2c(c1C(=O)[O-])CCCC2. The number of hydrogen-bond acceptors (Lipinski definition) is 8. The number of aromatic carboxylic acids is 2. The van der Waals surface area contributed by atoms with Crippen molar-refractivity contribution in [2.75, 3.05) is 10.6 Å². The first-order valence-corrected chi connectivity index (χ1v) is 13.3. The maximum atomic E-state index is 12.4. The minimum absolute atomic E-state index is 0.106. The van der Waals surface area contributed by atoms with E-state index in [2.05, 4.69) is 10.6 Å². The number of aryl methyl sites for hydroxylation is 2. The van der Waals surface area contributed by atoms with Gasteiger partial charge in [0.2, 0.25) is 11.8 Å². The van der Waals surface area contributed by atoms with Crippen LogP contribution in [0, 0.1) is 0 Å². The Labute approximate surface area is 205 Å². The number of nitrogens with one attached hydrogen (secondary N) is 2. The molecule has 0 aromatic carbocycles. The summed E-state index contributed by atoms with van der Waals surface area (Å²) in [4.78, 5) is 50.0. The molecule has 0 aliphatic heterocycles. The third-order valence-electron chi connectivity index (χ3n) is 6.31. The number of carbonyl (C=O) groups excluding carboxylic acids is 4. The quantitative estimate of drug-likeness (QED) is 0.505. The van der Waals surface area contributed by atoms with Gasteiger partial charge in [-0.2, -0.15) is 0 Å². The minimum Gasteiger partial charge on any atom is -0.545 e. The zero-order valence-corrected chi connectivity index (χ0v) is 20.4. The highest BCUT2D eigenvalue weighted by atomic mass is 32.1. The van der Waals surface area contributed by atoms with Crippen LogP contribution in [0.25, 0.3) is 0 Å². The van der Waals surface area contributed by atoms with Gasteiger partial charge in [0.15, 0.2) is 0 Å². The number of carbonyl (C=O) groups is 4. The lowest BCUT2D eigenvalue weighted by molar-refractivity contribution is -0.256. The van der Waals surface area contributed by atoms with Crippen molar-refractivity contribution < 1.29 is 29.4 Å². The monoisotopic (exact) mass is 502 g/mol. The third-order valence-corrected chi connectivity index (χ3v) is 8.73. The smallest absolute Gasteiger partial charge is 0.224 e. The second-order valence-corrected chi connectivity index (χ2v) is 10.9. The van der Waals surface area contributed by atoms with Crippen LogP contribution < -0.4 is 20.8 Å². The van der Waals surface area contributed by atoms with E-state index in [0.29, 0.717) is 35.7 Å². The Morgan fingerprint density at radius 2 is 1.03 bits per heavy atom. The Balaban J connectivity index is 1.27. The Kier molecular flexibility index (Phi) is 7.67. The van der Waals surface area contributed by atoms with E-state index in [0.717, 1.165) is 59.4 Å². The van der Waals surface area contributed by atoms with Crippen molar-refractivity contribution in [1.29, 1.82) is 0 Å². The number of anilines is 2. The summed E-state index contributed by atoms with van der Waals surface area (Å²) in [6.45, 7) is 0. The lowest BCUT2D eigenvalue weighted by atomic mass is 9.95. The number of hydrogen-bond donors (Lipinski definition) is 2. The van der Waals surface area contributed by atoms with Crippen molar-refractivity contribution in [3.05, 3.63) is 32.0 Å². The number of rotatable bonds is 9. The number of unbranched alkanes of at least 4 members (excludes halogenated alkanes) is 1. The molecule has 2 aromatic heterocycles. The minimum atomic E-state index is -1.27. The molecule has 2 aliphatic rings. The summed E-state index contributed by atoms with van der Waals surface area (Å²) in [5.41, 5.74) is 1.79. The van der Waals surface area contributed by atoms with Crippen LogP contribution in [0.1, 0.15) is 93.0 Å². The Morgan fingerprint density at radius 1 is 0.647 bits per heavy atom. The van der Waals surface area contributed by atoms with Crippen LogP contribution in [0.15, 0.2) is 0 Å². The van der Waals surface area contributed by atoms with Crippen molar-refractivity contribution in [3.8, 4) is 0 Å². The first kappa shape index (κ1) is 24.4. The van der Waals surface area contributed by atoms with Crippen molar-refractivity contribution >= 4 is 56.4 Å². The highest BCUT2D eigenvalue weighted by Crippen LogP contribution is 2.39. The summed E-state index contributed by atoms with van der Waals surface area (Å²) in [5, 5.41) is 29.3. The van der Waals surface area contributed by atoms with Gasteiger partial charge in [-0.05, 0) is 75.3 Å². The highest BCUT2D eigenvalue weighted by molar-refractivity contribution is 7.17. The number of carboxylic acids is 2. The molecule has 0 saturated heterocycles. The summed E-state index contributed by atoms with van der Waals surface area (Å²) in [5.74, 6) is -3.13. The fraction of sp³-hybridized carbons (Fsp3) is 0.500. The summed E-state index contributed by atoms with van der Waals surface area (Å²) < 4.78 is 0. The molecule has 0 fully saturated rings. The van der Waals surface area contributed by atoms with Gasteiger partial charge in [0, 0.05) is 33.7 Å². The molecule has 2 amide bonds. The molecule has 182 valence electrons. The molecule has 2 aromatic rings. The normalized spacial score (nSPS) is 14.7. The molecule has 0 radical (unpaired) electrons. The Bertz CT molecular complexity index is 1040. The van der Waals surface area contributed by atoms with Gasteiger partial charge in [-0.3, -0.25) is 9.59 Å². The van der Waals surface area contributed by atoms with E-state index in [1.54, 1.807) is 0 Å². The summed E-state index contributed by atoms with van der Waals surface area (Å²) >= 11 is 2.62. The van der Waals surface area contributed by atoms with E-state index >= 15 is 0 Å². The molecule has 2 aliphatic carbocycles. The van der Waals surface area contributed by atoms with E-state index in [-0.39, 0.29) is 35.8 Å². The Hall–Kier alpha value is -2.72. The molecule has 0 saturated carbocycles. The van der Waals surface area contributed by atoms with Crippen LogP contribution in [-0.4, -0.2) is 23.8 Å². The molecule has 0 atom stereocenters. The number of thiophene rings is 2. The van der Waals surface area contributed by atoms with Gasteiger partial charge in [-0.1, -0.05) is 0 Å². The third kappa shape index (κ3) is 5.33. The van der Waals surface area contributed by atoms with Crippen molar-refractivity contribution in [2.45, 2.75) is 77.0 Å². The lowest BCUT2D eigenvalue weighted by Gasteiger charge is -2.13. The molecule has 0 bridgehead atoms. The lowest BCUT2D eigenvalue weighted by Crippen LogP contribution is -2.25. The number of fused-ring (bicyclic) bond motifs is 2. The van der Waals surface area contributed by atoms with E-state index in [1.165, 1.54) is 22.7 Å². The second-order valence-electron chi connectivity index (χ2n) is 8.71. The summed E-state index contributed by atoms with van der Waals surface area (Å²) in [7, 11) is 0. The predicted octanol–water partition coefficient (Wildman–Crippen LogP) is 2.43. The average molecular weight is 503 g/mol. The first-order chi connectivity index (χ1) is 16.3. The van der Waals surface area contributed by atoms with Gasteiger partial charge in [0.25, 0.3) is 0 Å². The standard InChI is InChI=1S/C24H28N2O6S2/c27-17(25-21-19(23(29)30)13-7-1-3-9-15(13)33-21)11-5-6-12-18(28)26-22-20(24(31)32)14-8-2-4-10-16(14)34-22/h1-12H2,(H,25,27)(H,26,28)(H,29,30)(H,31,32)/p-2. The van der Waals surface area contributed by atoms with Gasteiger partial charge in [0.1, 0.15) is 10.0 Å². The van der Waals surface area contributed by atoms with E-state index in [4.69, 9.17) is 0 Å². The second kappa shape index (κ2) is 10.7. The maximum absolute atomic E-state index is 12.4. The van der Waals surface area contributed by atoms with Crippen LogP contribution in [-0.2, 0) is 35.3 Å².